The molecule has 7 heteroatoms. The predicted molar refractivity (Wildman–Crippen MR) is 97.7 cm³/mol. The summed E-state index contributed by atoms with van der Waals surface area (Å²) in [6, 6.07) is 10.2. The standard InChI is InChI=1S/C17H12N2O3S2/c1-22-16(21)12-4-6-13(7-5-12)19-15(20)14(24-17(19)23)9-11-3-2-8-18-10-11/h2-10H,1H3. The molecule has 0 saturated carbocycles. The highest BCUT2D eigenvalue weighted by Gasteiger charge is 2.33. The molecular formula is C17H12N2O3S2. The maximum absolute atomic E-state index is 12.6. The second-order valence-corrected chi connectivity index (χ2v) is 6.52. The molecule has 1 saturated heterocycles. The maximum atomic E-state index is 12.6. The number of hydrogen-bond donors (Lipinski definition) is 0. The first-order chi connectivity index (χ1) is 11.6. The van der Waals surface area contributed by atoms with Gasteiger partial charge < -0.3 is 4.74 Å². The molecule has 2 aromatic rings. The van der Waals surface area contributed by atoms with Crippen LogP contribution in [0.25, 0.3) is 6.08 Å². The van der Waals surface area contributed by atoms with Crippen LogP contribution in [0.4, 0.5) is 5.69 Å². The molecule has 1 aromatic carbocycles. The molecule has 0 bridgehead atoms. The molecule has 1 fully saturated rings. The summed E-state index contributed by atoms with van der Waals surface area (Å²) < 4.78 is 5.11. The molecule has 5 nitrogen and oxygen atoms in total. The van der Waals surface area contributed by atoms with Gasteiger partial charge in [0.1, 0.15) is 0 Å². The van der Waals surface area contributed by atoms with Crippen molar-refractivity contribution >= 4 is 51.9 Å². The van der Waals surface area contributed by atoms with Crippen LogP contribution in [-0.2, 0) is 9.53 Å². The van der Waals surface area contributed by atoms with Crippen LogP contribution < -0.4 is 4.90 Å². The third-order valence-corrected chi connectivity index (χ3v) is 4.62. The van der Waals surface area contributed by atoms with E-state index in [2.05, 4.69) is 9.72 Å². The number of rotatable bonds is 3. The van der Waals surface area contributed by atoms with E-state index in [1.807, 2.05) is 6.07 Å². The number of methoxy groups -OCH3 is 1. The van der Waals surface area contributed by atoms with Gasteiger partial charge >= 0.3 is 5.97 Å². The number of benzene rings is 1. The van der Waals surface area contributed by atoms with Crippen LogP contribution in [0.2, 0.25) is 0 Å². The predicted octanol–water partition coefficient (Wildman–Crippen LogP) is 3.27. The highest BCUT2D eigenvalue weighted by atomic mass is 32.2. The zero-order valence-corrected chi connectivity index (χ0v) is 14.3. The number of nitrogens with zero attached hydrogens (tertiary/aromatic N) is 2. The SMILES string of the molecule is COC(=O)c1ccc(N2C(=O)C(=Cc3cccnc3)SC2=S)cc1. The summed E-state index contributed by atoms with van der Waals surface area (Å²) in [7, 11) is 1.32. The zero-order valence-electron chi connectivity index (χ0n) is 12.6. The molecule has 1 aliphatic heterocycles. The minimum absolute atomic E-state index is 0.195. The molecule has 0 spiro atoms. The lowest BCUT2D eigenvalue weighted by Gasteiger charge is -2.14. The van der Waals surface area contributed by atoms with Crippen molar-refractivity contribution < 1.29 is 14.3 Å². The number of ether oxygens (including phenoxy) is 1. The van der Waals surface area contributed by atoms with E-state index in [-0.39, 0.29) is 5.91 Å². The molecule has 0 aliphatic carbocycles. The zero-order chi connectivity index (χ0) is 17.1. The third kappa shape index (κ3) is 3.22. The molecule has 3 rings (SSSR count). The summed E-state index contributed by atoms with van der Waals surface area (Å²) in [4.78, 5) is 30.1. The summed E-state index contributed by atoms with van der Waals surface area (Å²) >= 11 is 6.56. The van der Waals surface area contributed by atoms with Gasteiger partial charge in [0.15, 0.2) is 4.32 Å². The molecule has 0 N–H and O–H groups in total. The van der Waals surface area contributed by atoms with Crippen molar-refractivity contribution in [2.45, 2.75) is 0 Å². The average Bonchev–Trinajstić information content (AvgIpc) is 2.89. The molecule has 1 aliphatic rings. The van der Waals surface area contributed by atoms with Gasteiger partial charge in [-0.05, 0) is 42.0 Å². The Kier molecular flexibility index (Phi) is 4.73. The summed E-state index contributed by atoms with van der Waals surface area (Å²) in [5.74, 6) is -0.622. The summed E-state index contributed by atoms with van der Waals surface area (Å²) in [6.45, 7) is 0. The van der Waals surface area contributed by atoms with E-state index in [1.54, 1.807) is 48.8 Å². The van der Waals surface area contributed by atoms with Crippen molar-refractivity contribution in [3.05, 3.63) is 64.8 Å². The van der Waals surface area contributed by atoms with Crippen LogP contribution in [0.5, 0.6) is 0 Å². The lowest BCUT2D eigenvalue weighted by molar-refractivity contribution is -0.113. The quantitative estimate of drug-likeness (QED) is 0.478. The maximum Gasteiger partial charge on any atom is 0.337 e. The fourth-order valence-corrected chi connectivity index (χ4v) is 3.47. The summed E-state index contributed by atoms with van der Waals surface area (Å²) in [5, 5.41) is 0. The fourth-order valence-electron chi connectivity index (χ4n) is 2.17. The molecule has 2 heterocycles. The third-order valence-electron chi connectivity index (χ3n) is 3.32. The highest BCUT2D eigenvalue weighted by Crippen LogP contribution is 2.35. The number of thiocarbonyl (C=S) groups is 1. The minimum Gasteiger partial charge on any atom is -0.465 e. The normalized spacial score (nSPS) is 15.9. The molecule has 24 heavy (non-hydrogen) atoms. The largest absolute Gasteiger partial charge is 0.465 e. The second-order valence-electron chi connectivity index (χ2n) is 4.84. The Morgan fingerprint density at radius 3 is 2.67 bits per heavy atom. The Balaban J connectivity index is 1.87. The highest BCUT2D eigenvalue weighted by molar-refractivity contribution is 8.27. The van der Waals surface area contributed by atoms with Crippen LogP contribution in [0.3, 0.4) is 0 Å². The summed E-state index contributed by atoms with van der Waals surface area (Å²) in [6.07, 6.45) is 5.11. The van der Waals surface area contributed by atoms with Crippen molar-refractivity contribution in [2.75, 3.05) is 12.0 Å². The Morgan fingerprint density at radius 1 is 1.29 bits per heavy atom. The Bertz CT molecular complexity index is 833. The minimum atomic E-state index is -0.427. The van der Waals surface area contributed by atoms with E-state index < -0.39 is 5.97 Å². The van der Waals surface area contributed by atoms with Crippen molar-refractivity contribution in [1.29, 1.82) is 0 Å². The van der Waals surface area contributed by atoms with E-state index in [0.29, 0.717) is 20.5 Å². The van der Waals surface area contributed by atoms with Gasteiger partial charge in [-0.15, -0.1) is 0 Å². The number of pyridine rings is 1. The number of amides is 1. The number of anilines is 1. The van der Waals surface area contributed by atoms with Gasteiger partial charge in [0.05, 0.1) is 23.3 Å². The van der Waals surface area contributed by atoms with E-state index in [1.165, 1.54) is 23.8 Å². The van der Waals surface area contributed by atoms with Crippen LogP contribution in [0.1, 0.15) is 15.9 Å². The van der Waals surface area contributed by atoms with E-state index in [4.69, 9.17) is 12.2 Å². The first-order valence-electron chi connectivity index (χ1n) is 6.96. The van der Waals surface area contributed by atoms with Crippen LogP contribution in [-0.4, -0.2) is 28.3 Å². The molecule has 0 radical (unpaired) electrons. The fraction of sp³-hybridized carbons (Fsp3) is 0.0588. The molecule has 0 unspecified atom stereocenters. The topological polar surface area (TPSA) is 59.5 Å². The molecule has 120 valence electrons. The lowest BCUT2D eigenvalue weighted by atomic mass is 10.2. The van der Waals surface area contributed by atoms with Gasteiger partial charge in [-0.2, -0.15) is 0 Å². The van der Waals surface area contributed by atoms with Crippen molar-refractivity contribution in [2.24, 2.45) is 0 Å². The number of thioether (sulfide) groups is 1. The number of esters is 1. The number of carbonyl (C=O) groups excluding carboxylic acids is 2. The van der Waals surface area contributed by atoms with Crippen molar-refractivity contribution in [3.8, 4) is 0 Å². The first-order valence-corrected chi connectivity index (χ1v) is 8.19. The van der Waals surface area contributed by atoms with Crippen molar-refractivity contribution in [1.82, 2.24) is 4.98 Å². The number of hydrogen-bond acceptors (Lipinski definition) is 6. The van der Waals surface area contributed by atoms with Crippen LogP contribution in [0, 0.1) is 0 Å². The van der Waals surface area contributed by atoms with Gasteiger partial charge in [-0.1, -0.05) is 30.0 Å². The monoisotopic (exact) mass is 356 g/mol. The van der Waals surface area contributed by atoms with Gasteiger partial charge in [-0.3, -0.25) is 14.7 Å². The van der Waals surface area contributed by atoms with E-state index in [9.17, 15) is 9.59 Å². The van der Waals surface area contributed by atoms with E-state index in [0.717, 1.165) is 5.56 Å². The van der Waals surface area contributed by atoms with Gasteiger partial charge in [0, 0.05) is 12.4 Å². The number of carbonyl (C=O) groups is 2. The average molecular weight is 356 g/mol. The summed E-state index contributed by atoms with van der Waals surface area (Å²) in [5.41, 5.74) is 1.86. The van der Waals surface area contributed by atoms with Crippen LogP contribution in [0.15, 0.2) is 53.7 Å². The van der Waals surface area contributed by atoms with Crippen LogP contribution >= 0.6 is 24.0 Å². The Morgan fingerprint density at radius 2 is 2.04 bits per heavy atom. The molecular weight excluding hydrogens is 344 g/mol. The lowest BCUT2D eigenvalue weighted by Crippen LogP contribution is -2.27. The smallest absolute Gasteiger partial charge is 0.337 e. The first kappa shape index (κ1) is 16.4. The van der Waals surface area contributed by atoms with Gasteiger partial charge in [0.2, 0.25) is 0 Å². The second kappa shape index (κ2) is 6.94. The molecule has 0 atom stereocenters. The Labute approximate surface area is 148 Å². The van der Waals surface area contributed by atoms with Gasteiger partial charge in [0.25, 0.3) is 5.91 Å². The number of aromatic nitrogens is 1. The van der Waals surface area contributed by atoms with Gasteiger partial charge in [-0.25, -0.2) is 4.79 Å². The molecule has 1 aromatic heterocycles. The van der Waals surface area contributed by atoms with E-state index >= 15 is 0 Å². The molecule has 1 amide bonds. The van der Waals surface area contributed by atoms with Crippen molar-refractivity contribution in [3.63, 3.8) is 0 Å². The Hall–Kier alpha value is -2.51.